The number of piperazine rings is 1. The van der Waals surface area contributed by atoms with Crippen LogP contribution in [0, 0.1) is 13.8 Å². The van der Waals surface area contributed by atoms with Crippen molar-refractivity contribution < 1.29 is 9.90 Å². The number of rotatable bonds is 4. The number of aliphatic carboxylic acids is 1. The normalized spacial score (nSPS) is 19.5. The molecule has 0 bridgehead atoms. The molecule has 1 saturated heterocycles. The molecule has 0 aliphatic carbocycles. The van der Waals surface area contributed by atoms with Crippen molar-refractivity contribution >= 4 is 11.7 Å². The largest absolute Gasteiger partial charge is 0.481 e. The van der Waals surface area contributed by atoms with Gasteiger partial charge >= 0.3 is 5.97 Å². The molecule has 4 nitrogen and oxygen atoms in total. The highest BCUT2D eigenvalue weighted by atomic mass is 16.4. The Bertz CT molecular complexity index is 459. The average molecular weight is 262 g/mol. The van der Waals surface area contributed by atoms with Crippen molar-refractivity contribution in [3.63, 3.8) is 0 Å². The summed E-state index contributed by atoms with van der Waals surface area (Å²) >= 11 is 0. The number of nitrogens with zero attached hydrogens (tertiary/aromatic N) is 1. The number of hydrogen-bond donors (Lipinski definition) is 2. The van der Waals surface area contributed by atoms with Crippen molar-refractivity contribution in [2.45, 2.75) is 32.7 Å². The van der Waals surface area contributed by atoms with Crippen LogP contribution in [-0.4, -0.2) is 36.8 Å². The van der Waals surface area contributed by atoms with Crippen molar-refractivity contribution in [1.29, 1.82) is 0 Å². The molecule has 1 aliphatic heterocycles. The molecular weight excluding hydrogens is 240 g/mol. The number of anilines is 1. The standard InChI is InChI=1S/C15H22N2O2/c1-11-3-4-12(2)14(9-11)17-8-7-16-10-13(17)5-6-15(18)19/h3-4,9,13,16H,5-8,10H2,1-2H3,(H,18,19). The zero-order valence-electron chi connectivity index (χ0n) is 11.6. The lowest BCUT2D eigenvalue weighted by atomic mass is 10.0. The third-order valence-electron chi connectivity index (χ3n) is 3.72. The SMILES string of the molecule is Cc1ccc(C)c(N2CCNCC2CCC(=O)O)c1. The molecule has 104 valence electrons. The van der Waals surface area contributed by atoms with E-state index in [2.05, 4.69) is 42.3 Å². The van der Waals surface area contributed by atoms with Crippen LogP contribution in [0.2, 0.25) is 0 Å². The van der Waals surface area contributed by atoms with E-state index in [1.165, 1.54) is 16.8 Å². The molecule has 19 heavy (non-hydrogen) atoms. The quantitative estimate of drug-likeness (QED) is 0.871. The number of carboxylic acid groups (broad SMARTS) is 1. The van der Waals surface area contributed by atoms with E-state index in [4.69, 9.17) is 5.11 Å². The van der Waals surface area contributed by atoms with Gasteiger partial charge in [-0.15, -0.1) is 0 Å². The average Bonchev–Trinajstić information content (AvgIpc) is 2.39. The van der Waals surface area contributed by atoms with Gasteiger partial charge in [-0.2, -0.15) is 0 Å². The van der Waals surface area contributed by atoms with Gasteiger partial charge in [-0.25, -0.2) is 0 Å². The first-order valence-electron chi connectivity index (χ1n) is 6.84. The van der Waals surface area contributed by atoms with Crippen molar-refractivity contribution in [2.75, 3.05) is 24.5 Å². The number of carboxylic acids is 1. The number of nitrogens with one attached hydrogen (secondary N) is 1. The Morgan fingerprint density at radius 1 is 1.47 bits per heavy atom. The molecule has 2 rings (SSSR count). The molecule has 4 heteroatoms. The van der Waals surface area contributed by atoms with Crippen molar-refractivity contribution in [1.82, 2.24) is 5.32 Å². The first kappa shape index (κ1) is 13.9. The summed E-state index contributed by atoms with van der Waals surface area (Å²) in [6.07, 6.45) is 0.920. The van der Waals surface area contributed by atoms with Crippen LogP contribution >= 0.6 is 0 Å². The molecule has 0 saturated carbocycles. The van der Waals surface area contributed by atoms with Crippen molar-refractivity contribution in [3.8, 4) is 0 Å². The Hall–Kier alpha value is -1.55. The summed E-state index contributed by atoms with van der Waals surface area (Å²) in [7, 11) is 0. The summed E-state index contributed by atoms with van der Waals surface area (Å²) in [4.78, 5) is 13.1. The zero-order chi connectivity index (χ0) is 13.8. The van der Waals surface area contributed by atoms with E-state index in [9.17, 15) is 4.79 Å². The summed E-state index contributed by atoms with van der Waals surface area (Å²) in [6.45, 7) is 6.97. The second kappa shape index (κ2) is 6.06. The highest BCUT2D eigenvalue weighted by molar-refractivity contribution is 5.67. The van der Waals surface area contributed by atoms with Gasteiger partial charge in [0.2, 0.25) is 0 Å². The Kier molecular flexibility index (Phi) is 4.43. The molecule has 1 atom stereocenters. The van der Waals surface area contributed by atoms with Crippen LogP contribution < -0.4 is 10.2 Å². The van der Waals surface area contributed by atoms with E-state index in [1.807, 2.05) is 0 Å². The summed E-state index contributed by atoms with van der Waals surface area (Å²) in [5.74, 6) is -0.716. The molecule has 0 spiro atoms. The molecule has 0 aromatic heterocycles. The molecule has 1 aromatic rings. The number of aryl methyl sites for hydroxylation is 2. The highest BCUT2D eigenvalue weighted by Gasteiger charge is 2.24. The highest BCUT2D eigenvalue weighted by Crippen LogP contribution is 2.25. The Labute approximate surface area is 114 Å². The van der Waals surface area contributed by atoms with Gasteiger partial charge in [-0.05, 0) is 37.5 Å². The molecule has 1 heterocycles. The number of hydrogen-bond acceptors (Lipinski definition) is 3. The predicted octanol–water partition coefficient (Wildman–Crippen LogP) is 1.95. The van der Waals surface area contributed by atoms with Crippen LogP contribution in [0.4, 0.5) is 5.69 Å². The van der Waals surface area contributed by atoms with Crippen LogP contribution in [0.1, 0.15) is 24.0 Å². The van der Waals surface area contributed by atoms with Gasteiger partial charge < -0.3 is 15.3 Å². The molecular formula is C15H22N2O2. The van der Waals surface area contributed by atoms with E-state index >= 15 is 0 Å². The molecule has 0 radical (unpaired) electrons. The van der Waals surface area contributed by atoms with Crippen LogP contribution in [0.25, 0.3) is 0 Å². The Morgan fingerprint density at radius 3 is 3.00 bits per heavy atom. The lowest BCUT2D eigenvalue weighted by Crippen LogP contribution is -2.51. The van der Waals surface area contributed by atoms with E-state index in [1.54, 1.807) is 0 Å². The van der Waals surface area contributed by atoms with Crippen LogP contribution in [0.3, 0.4) is 0 Å². The van der Waals surface area contributed by atoms with Gasteiger partial charge in [0.05, 0.1) is 0 Å². The van der Waals surface area contributed by atoms with Gasteiger partial charge in [-0.1, -0.05) is 12.1 Å². The van der Waals surface area contributed by atoms with Gasteiger partial charge in [0.25, 0.3) is 0 Å². The van der Waals surface area contributed by atoms with Gasteiger partial charge in [0.15, 0.2) is 0 Å². The predicted molar refractivity (Wildman–Crippen MR) is 76.8 cm³/mol. The fourth-order valence-corrected chi connectivity index (χ4v) is 2.65. The molecule has 0 amide bonds. The minimum atomic E-state index is -0.716. The first-order valence-corrected chi connectivity index (χ1v) is 6.84. The fourth-order valence-electron chi connectivity index (χ4n) is 2.65. The van der Waals surface area contributed by atoms with Crippen molar-refractivity contribution in [3.05, 3.63) is 29.3 Å². The number of carbonyl (C=O) groups is 1. The summed E-state index contributed by atoms with van der Waals surface area (Å²) in [6, 6.07) is 6.73. The van der Waals surface area contributed by atoms with E-state index < -0.39 is 5.97 Å². The third kappa shape index (κ3) is 3.47. The monoisotopic (exact) mass is 262 g/mol. The van der Waals surface area contributed by atoms with E-state index in [0.29, 0.717) is 6.42 Å². The fraction of sp³-hybridized carbons (Fsp3) is 0.533. The summed E-state index contributed by atoms with van der Waals surface area (Å²) in [5, 5.41) is 12.2. The zero-order valence-corrected chi connectivity index (χ0v) is 11.6. The summed E-state index contributed by atoms with van der Waals surface area (Å²) < 4.78 is 0. The molecule has 1 fully saturated rings. The summed E-state index contributed by atoms with van der Waals surface area (Å²) in [5.41, 5.74) is 3.75. The van der Waals surface area contributed by atoms with Crippen LogP contribution in [0.15, 0.2) is 18.2 Å². The minimum Gasteiger partial charge on any atom is -0.481 e. The maximum absolute atomic E-state index is 10.8. The maximum atomic E-state index is 10.8. The van der Waals surface area contributed by atoms with Crippen molar-refractivity contribution in [2.24, 2.45) is 0 Å². The second-order valence-corrected chi connectivity index (χ2v) is 5.27. The topological polar surface area (TPSA) is 52.6 Å². The van der Waals surface area contributed by atoms with Crippen LogP contribution in [-0.2, 0) is 4.79 Å². The number of benzene rings is 1. The van der Waals surface area contributed by atoms with Gasteiger partial charge in [0.1, 0.15) is 0 Å². The van der Waals surface area contributed by atoms with E-state index in [0.717, 1.165) is 19.6 Å². The molecule has 2 N–H and O–H groups in total. The second-order valence-electron chi connectivity index (χ2n) is 5.27. The van der Waals surface area contributed by atoms with E-state index in [-0.39, 0.29) is 12.5 Å². The molecule has 1 aromatic carbocycles. The van der Waals surface area contributed by atoms with Gasteiger partial charge in [0, 0.05) is 37.8 Å². The first-order chi connectivity index (χ1) is 9.08. The van der Waals surface area contributed by atoms with Crippen LogP contribution in [0.5, 0.6) is 0 Å². The lowest BCUT2D eigenvalue weighted by molar-refractivity contribution is -0.137. The third-order valence-corrected chi connectivity index (χ3v) is 3.72. The van der Waals surface area contributed by atoms with Gasteiger partial charge in [-0.3, -0.25) is 4.79 Å². The Balaban J connectivity index is 2.18. The molecule has 1 aliphatic rings. The maximum Gasteiger partial charge on any atom is 0.303 e. The Morgan fingerprint density at radius 2 is 2.26 bits per heavy atom. The lowest BCUT2D eigenvalue weighted by Gasteiger charge is -2.39. The minimum absolute atomic E-state index is 0.230. The smallest absolute Gasteiger partial charge is 0.303 e. The molecule has 1 unspecified atom stereocenters.